The highest BCUT2D eigenvalue weighted by atomic mass is 32.2. The SMILES string of the molecule is CC1CCCCC1CS(=O)[O-]. The molecule has 0 heterocycles. The van der Waals surface area contributed by atoms with Gasteiger partial charge in [-0.3, -0.25) is 4.21 Å². The monoisotopic (exact) mass is 175 g/mol. The molecule has 1 aliphatic carbocycles. The highest BCUT2D eigenvalue weighted by Crippen LogP contribution is 2.29. The molecule has 3 atom stereocenters. The van der Waals surface area contributed by atoms with Crippen LogP contribution in [0.2, 0.25) is 0 Å². The summed E-state index contributed by atoms with van der Waals surface area (Å²) in [7, 11) is 0. The van der Waals surface area contributed by atoms with Gasteiger partial charge in [0, 0.05) is 5.75 Å². The van der Waals surface area contributed by atoms with Crippen LogP contribution >= 0.6 is 0 Å². The molecule has 1 rings (SSSR count). The van der Waals surface area contributed by atoms with E-state index in [1.54, 1.807) is 0 Å². The second-order valence-corrected chi connectivity index (χ2v) is 4.43. The van der Waals surface area contributed by atoms with Crippen LogP contribution in [0, 0.1) is 11.8 Å². The van der Waals surface area contributed by atoms with Gasteiger partial charge in [-0.05, 0) is 18.3 Å². The fourth-order valence-corrected chi connectivity index (χ4v) is 2.66. The van der Waals surface area contributed by atoms with E-state index < -0.39 is 11.1 Å². The van der Waals surface area contributed by atoms with Crippen molar-refractivity contribution < 1.29 is 8.76 Å². The van der Waals surface area contributed by atoms with Crippen molar-refractivity contribution in [1.82, 2.24) is 0 Å². The van der Waals surface area contributed by atoms with Gasteiger partial charge in [-0.1, -0.05) is 37.3 Å². The second kappa shape index (κ2) is 4.21. The molecule has 1 saturated carbocycles. The Bertz CT molecular complexity index is 147. The van der Waals surface area contributed by atoms with E-state index in [0.717, 1.165) is 6.42 Å². The van der Waals surface area contributed by atoms with Crippen LogP contribution in [-0.4, -0.2) is 14.5 Å². The fourth-order valence-electron chi connectivity index (χ4n) is 1.82. The van der Waals surface area contributed by atoms with Gasteiger partial charge in [-0.2, -0.15) is 0 Å². The molecule has 0 N–H and O–H groups in total. The van der Waals surface area contributed by atoms with Gasteiger partial charge in [-0.25, -0.2) is 0 Å². The Morgan fingerprint density at radius 2 is 2.09 bits per heavy atom. The smallest absolute Gasteiger partial charge is 0.0132 e. The Morgan fingerprint density at radius 1 is 1.45 bits per heavy atom. The Hall–Kier alpha value is 0.110. The van der Waals surface area contributed by atoms with Crippen LogP contribution < -0.4 is 0 Å². The van der Waals surface area contributed by atoms with Gasteiger partial charge in [0.05, 0.1) is 0 Å². The van der Waals surface area contributed by atoms with Gasteiger partial charge in [-0.15, -0.1) is 0 Å². The van der Waals surface area contributed by atoms with Gasteiger partial charge in [0.15, 0.2) is 0 Å². The first-order valence-electron chi connectivity index (χ1n) is 4.26. The Balaban J connectivity index is 2.35. The number of hydrogen-bond acceptors (Lipinski definition) is 2. The summed E-state index contributed by atoms with van der Waals surface area (Å²) in [5.74, 6) is 1.42. The van der Waals surface area contributed by atoms with Crippen LogP contribution in [0.5, 0.6) is 0 Å². The molecule has 0 spiro atoms. The Morgan fingerprint density at radius 3 is 2.64 bits per heavy atom. The van der Waals surface area contributed by atoms with Crippen molar-refractivity contribution >= 4 is 11.1 Å². The maximum atomic E-state index is 10.4. The summed E-state index contributed by atoms with van der Waals surface area (Å²) in [6, 6.07) is 0. The topological polar surface area (TPSA) is 40.1 Å². The van der Waals surface area contributed by atoms with Crippen LogP contribution in [0.15, 0.2) is 0 Å². The second-order valence-electron chi connectivity index (χ2n) is 3.49. The van der Waals surface area contributed by atoms with Crippen molar-refractivity contribution in [3.63, 3.8) is 0 Å². The zero-order valence-electron chi connectivity index (χ0n) is 6.91. The van der Waals surface area contributed by atoms with Gasteiger partial charge >= 0.3 is 0 Å². The first-order valence-corrected chi connectivity index (χ1v) is 5.50. The van der Waals surface area contributed by atoms with E-state index >= 15 is 0 Å². The molecule has 66 valence electrons. The van der Waals surface area contributed by atoms with Crippen molar-refractivity contribution in [1.29, 1.82) is 0 Å². The van der Waals surface area contributed by atoms with Crippen molar-refractivity contribution in [2.24, 2.45) is 11.8 Å². The lowest BCUT2D eigenvalue weighted by molar-refractivity contribution is 0.277. The Kier molecular flexibility index (Phi) is 3.52. The van der Waals surface area contributed by atoms with Gasteiger partial charge in [0.2, 0.25) is 0 Å². The van der Waals surface area contributed by atoms with Crippen LogP contribution in [0.4, 0.5) is 0 Å². The average molecular weight is 175 g/mol. The Labute approximate surface area is 70.7 Å². The van der Waals surface area contributed by atoms with E-state index in [1.165, 1.54) is 19.3 Å². The summed E-state index contributed by atoms with van der Waals surface area (Å²) in [4.78, 5) is 0. The largest absolute Gasteiger partial charge is 0.772 e. The highest BCUT2D eigenvalue weighted by molar-refractivity contribution is 7.79. The molecule has 3 unspecified atom stereocenters. The molecule has 0 bridgehead atoms. The molecule has 11 heavy (non-hydrogen) atoms. The molecule has 2 nitrogen and oxygen atoms in total. The quantitative estimate of drug-likeness (QED) is 0.599. The molecule has 3 heteroatoms. The molecule has 1 fully saturated rings. The van der Waals surface area contributed by atoms with E-state index in [4.69, 9.17) is 0 Å². The molecular formula is C8H15O2S-. The summed E-state index contributed by atoms with van der Waals surface area (Å²) < 4.78 is 20.8. The molecule has 1 aliphatic rings. The van der Waals surface area contributed by atoms with E-state index in [-0.39, 0.29) is 0 Å². The van der Waals surface area contributed by atoms with Crippen molar-refractivity contribution in [2.45, 2.75) is 32.6 Å². The van der Waals surface area contributed by atoms with E-state index in [1.807, 2.05) is 0 Å². The van der Waals surface area contributed by atoms with Gasteiger partial charge in [0.25, 0.3) is 0 Å². The third-order valence-electron chi connectivity index (χ3n) is 2.64. The van der Waals surface area contributed by atoms with Crippen LogP contribution in [0.25, 0.3) is 0 Å². The zero-order chi connectivity index (χ0) is 8.27. The first kappa shape index (κ1) is 9.20. The maximum absolute atomic E-state index is 10.4. The minimum Gasteiger partial charge on any atom is -0.772 e. The normalized spacial score (nSPS) is 35.1. The molecule has 0 saturated heterocycles. The van der Waals surface area contributed by atoms with Gasteiger partial charge in [0.1, 0.15) is 0 Å². The van der Waals surface area contributed by atoms with Gasteiger partial charge < -0.3 is 4.55 Å². The van der Waals surface area contributed by atoms with E-state index in [0.29, 0.717) is 17.6 Å². The van der Waals surface area contributed by atoms with Crippen LogP contribution in [-0.2, 0) is 11.1 Å². The lowest BCUT2D eigenvalue weighted by atomic mass is 9.82. The first-order chi connectivity index (χ1) is 5.20. The van der Waals surface area contributed by atoms with E-state index in [9.17, 15) is 8.76 Å². The van der Waals surface area contributed by atoms with E-state index in [2.05, 4.69) is 6.92 Å². The van der Waals surface area contributed by atoms with Crippen LogP contribution in [0.1, 0.15) is 32.6 Å². The number of rotatable bonds is 2. The molecule has 0 aromatic carbocycles. The average Bonchev–Trinajstić information content (AvgIpc) is 1.93. The van der Waals surface area contributed by atoms with Crippen molar-refractivity contribution in [3.05, 3.63) is 0 Å². The summed E-state index contributed by atoms with van der Waals surface area (Å²) in [6.07, 6.45) is 4.81. The third-order valence-corrected chi connectivity index (χ3v) is 3.34. The number of hydrogen-bond donors (Lipinski definition) is 0. The predicted molar refractivity (Wildman–Crippen MR) is 44.9 cm³/mol. The molecule has 0 amide bonds. The molecule has 0 aromatic heterocycles. The standard InChI is InChI=1S/C8H16O2S/c1-7-4-2-3-5-8(7)6-11(9)10/h7-8H,2-6H2,1H3,(H,9,10)/p-1. The molecule has 0 radical (unpaired) electrons. The summed E-state index contributed by atoms with van der Waals surface area (Å²) in [6.45, 7) is 2.16. The minimum atomic E-state index is -1.83. The molecular weight excluding hydrogens is 160 g/mol. The summed E-state index contributed by atoms with van der Waals surface area (Å²) in [5, 5.41) is 0. The lowest BCUT2D eigenvalue weighted by Gasteiger charge is -2.29. The summed E-state index contributed by atoms with van der Waals surface area (Å²) >= 11 is -1.83. The lowest BCUT2D eigenvalue weighted by Crippen LogP contribution is -2.22. The molecule has 0 aromatic rings. The zero-order valence-corrected chi connectivity index (χ0v) is 7.73. The fraction of sp³-hybridized carbons (Fsp3) is 1.00. The minimum absolute atomic E-state index is 0.376. The molecule has 0 aliphatic heterocycles. The predicted octanol–water partition coefficient (Wildman–Crippen LogP) is 1.69. The highest BCUT2D eigenvalue weighted by Gasteiger charge is 2.20. The van der Waals surface area contributed by atoms with Crippen molar-refractivity contribution in [3.8, 4) is 0 Å². The third kappa shape index (κ3) is 2.91. The van der Waals surface area contributed by atoms with Crippen molar-refractivity contribution in [2.75, 3.05) is 5.75 Å². The maximum Gasteiger partial charge on any atom is 0.0132 e. The van der Waals surface area contributed by atoms with Crippen LogP contribution in [0.3, 0.4) is 0 Å². The summed E-state index contributed by atoms with van der Waals surface area (Å²) in [5.41, 5.74) is 0.